The molecular formula is C17H22N2O3. The Morgan fingerprint density at radius 1 is 1.36 bits per heavy atom. The van der Waals surface area contributed by atoms with E-state index in [4.69, 9.17) is 9.47 Å². The second-order valence-corrected chi connectivity index (χ2v) is 5.84. The van der Waals surface area contributed by atoms with Crippen molar-refractivity contribution in [1.29, 1.82) is 0 Å². The third-order valence-electron chi connectivity index (χ3n) is 4.53. The number of hydrogen-bond acceptors (Lipinski definition) is 4. The van der Waals surface area contributed by atoms with Gasteiger partial charge in [-0.2, -0.15) is 0 Å². The Balaban J connectivity index is 1.68. The fourth-order valence-corrected chi connectivity index (χ4v) is 3.17. The highest BCUT2D eigenvalue weighted by Crippen LogP contribution is 2.31. The number of ether oxygens (including phenoxy) is 2. The number of aromatic nitrogens is 1. The van der Waals surface area contributed by atoms with Crippen molar-refractivity contribution in [2.24, 2.45) is 5.41 Å². The van der Waals surface area contributed by atoms with Crippen molar-refractivity contribution in [2.75, 3.05) is 26.9 Å². The average Bonchev–Trinajstić information content (AvgIpc) is 3.04. The highest BCUT2D eigenvalue weighted by atomic mass is 16.5. The first kappa shape index (κ1) is 15.1. The summed E-state index contributed by atoms with van der Waals surface area (Å²) < 4.78 is 10.4. The first-order chi connectivity index (χ1) is 10.7. The quantitative estimate of drug-likeness (QED) is 0.831. The van der Waals surface area contributed by atoms with E-state index in [1.54, 1.807) is 0 Å². The molecule has 0 spiro atoms. The predicted octanol–water partition coefficient (Wildman–Crippen LogP) is 2.23. The van der Waals surface area contributed by atoms with Gasteiger partial charge in [0, 0.05) is 43.4 Å². The van der Waals surface area contributed by atoms with Gasteiger partial charge in [-0.3, -0.25) is 4.79 Å². The van der Waals surface area contributed by atoms with Crippen LogP contribution in [-0.2, 0) is 20.8 Å². The third kappa shape index (κ3) is 2.87. The highest BCUT2D eigenvalue weighted by Gasteiger charge is 2.40. The van der Waals surface area contributed by atoms with Crippen LogP contribution in [0.3, 0.4) is 0 Å². The third-order valence-corrected chi connectivity index (χ3v) is 4.53. The number of carbonyl (C=O) groups is 1. The highest BCUT2D eigenvalue weighted by molar-refractivity contribution is 5.82. The largest absolute Gasteiger partial charge is 0.469 e. The van der Waals surface area contributed by atoms with Gasteiger partial charge in [0.1, 0.15) is 0 Å². The summed E-state index contributed by atoms with van der Waals surface area (Å²) in [5.74, 6) is -0.136. The summed E-state index contributed by atoms with van der Waals surface area (Å²) in [5, 5.41) is 4.66. The molecule has 3 rings (SSSR count). The molecular weight excluding hydrogens is 280 g/mol. The van der Waals surface area contributed by atoms with Gasteiger partial charge in [0.05, 0.1) is 12.5 Å². The van der Waals surface area contributed by atoms with E-state index in [0.717, 1.165) is 12.1 Å². The number of aromatic amines is 1. The SMILES string of the molecule is COC(=O)C1(CNCc2cccc3[nH]ccc23)CCOCC1. The summed E-state index contributed by atoms with van der Waals surface area (Å²) in [5.41, 5.74) is 1.90. The molecule has 22 heavy (non-hydrogen) atoms. The fraction of sp³-hybridized carbons (Fsp3) is 0.471. The number of nitrogens with one attached hydrogen (secondary N) is 2. The van der Waals surface area contributed by atoms with Crippen molar-refractivity contribution >= 4 is 16.9 Å². The van der Waals surface area contributed by atoms with Crippen LogP contribution in [0.1, 0.15) is 18.4 Å². The number of rotatable bonds is 5. The van der Waals surface area contributed by atoms with Crippen molar-refractivity contribution in [3.8, 4) is 0 Å². The van der Waals surface area contributed by atoms with Gasteiger partial charge in [-0.1, -0.05) is 12.1 Å². The molecule has 2 N–H and O–H groups in total. The van der Waals surface area contributed by atoms with Crippen molar-refractivity contribution in [3.05, 3.63) is 36.0 Å². The van der Waals surface area contributed by atoms with Gasteiger partial charge in [-0.25, -0.2) is 0 Å². The fourth-order valence-electron chi connectivity index (χ4n) is 3.17. The molecule has 1 aromatic carbocycles. The van der Waals surface area contributed by atoms with Crippen molar-refractivity contribution in [3.63, 3.8) is 0 Å². The predicted molar refractivity (Wildman–Crippen MR) is 84.5 cm³/mol. The van der Waals surface area contributed by atoms with E-state index in [1.165, 1.54) is 18.1 Å². The number of benzene rings is 1. The number of fused-ring (bicyclic) bond motifs is 1. The molecule has 5 nitrogen and oxygen atoms in total. The topological polar surface area (TPSA) is 63.3 Å². The van der Waals surface area contributed by atoms with Crippen LogP contribution >= 0.6 is 0 Å². The molecule has 5 heteroatoms. The van der Waals surface area contributed by atoms with Crippen LogP contribution in [0, 0.1) is 5.41 Å². The molecule has 0 unspecified atom stereocenters. The normalized spacial score (nSPS) is 17.5. The van der Waals surface area contributed by atoms with Gasteiger partial charge in [0.15, 0.2) is 0 Å². The maximum Gasteiger partial charge on any atom is 0.313 e. The van der Waals surface area contributed by atoms with Crippen LogP contribution in [0.2, 0.25) is 0 Å². The van der Waals surface area contributed by atoms with Crippen molar-refractivity contribution < 1.29 is 14.3 Å². The molecule has 2 aromatic rings. The molecule has 2 heterocycles. The summed E-state index contributed by atoms with van der Waals surface area (Å²) in [4.78, 5) is 15.4. The van der Waals surface area contributed by atoms with Gasteiger partial charge in [-0.05, 0) is 30.5 Å². The molecule has 0 aliphatic carbocycles. The zero-order valence-electron chi connectivity index (χ0n) is 12.9. The summed E-state index contributed by atoms with van der Waals surface area (Å²) in [6.45, 7) is 2.58. The number of hydrogen-bond donors (Lipinski definition) is 2. The van der Waals surface area contributed by atoms with E-state index in [9.17, 15) is 4.79 Å². The molecule has 118 valence electrons. The molecule has 0 amide bonds. The van der Waals surface area contributed by atoms with Crippen molar-refractivity contribution in [1.82, 2.24) is 10.3 Å². The van der Waals surface area contributed by atoms with Crippen LogP contribution in [0.25, 0.3) is 10.9 Å². The Bertz CT molecular complexity index is 644. The van der Waals surface area contributed by atoms with Crippen LogP contribution < -0.4 is 5.32 Å². The molecule has 0 saturated carbocycles. The molecule has 0 atom stereocenters. The molecule has 1 aliphatic heterocycles. The van der Waals surface area contributed by atoms with Crippen LogP contribution in [0.4, 0.5) is 0 Å². The van der Waals surface area contributed by atoms with Crippen LogP contribution in [0.15, 0.2) is 30.5 Å². The minimum Gasteiger partial charge on any atom is -0.469 e. The van der Waals surface area contributed by atoms with E-state index in [1.807, 2.05) is 12.3 Å². The average molecular weight is 302 g/mol. The van der Waals surface area contributed by atoms with Gasteiger partial charge in [0.2, 0.25) is 0 Å². The van der Waals surface area contributed by atoms with Gasteiger partial charge >= 0.3 is 5.97 Å². The number of H-pyrrole nitrogens is 1. The van der Waals surface area contributed by atoms with E-state index >= 15 is 0 Å². The monoisotopic (exact) mass is 302 g/mol. The number of esters is 1. The Kier molecular flexibility index (Phi) is 4.45. The second kappa shape index (κ2) is 6.50. The lowest BCUT2D eigenvalue weighted by molar-refractivity contribution is -0.158. The molecule has 0 radical (unpaired) electrons. The maximum atomic E-state index is 12.2. The second-order valence-electron chi connectivity index (χ2n) is 5.84. The first-order valence-corrected chi connectivity index (χ1v) is 7.67. The van der Waals surface area contributed by atoms with E-state index in [-0.39, 0.29) is 5.97 Å². The number of carbonyl (C=O) groups excluding carboxylic acids is 1. The van der Waals surface area contributed by atoms with E-state index in [2.05, 4.69) is 28.5 Å². The van der Waals surface area contributed by atoms with E-state index in [0.29, 0.717) is 32.6 Å². The molecule has 1 aromatic heterocycles. The molecule has 1 saturated heterocycles. The zero-order chi connectivity index (χ0) is 15.4. The smallest absolute Gasteiger partial charge is 0.313 e. The lowest BCUT2D eigenvalue weighted by Crippen LogP contribution is -2.45. The maximum absolute atomic E-state index is 12.2. The summed E-state index contributed by atoms with van der Waals surface area (Å²) in [6.07, 6.45) is 3.37. The molecule has 1 fully saturated rings. The Morgan fingerprint density at radius 3 is 2.95 bits per heavy atom. The lowest BCUT2D eigenvalue weighted by Gasteiger charge is -2.34. The Morgan fingerprint density at radius 2 is 2.18 bits per heavy atom. The minimum atomic E-state index is -0.459. The number of methoxy groups -OCH3 is 1. The van der Waals surface area contributed by atoms with Gasteiger partial charge in [-0.15, -0.1) is 0 Å². The summed E-state index contributed by atoms with van der Waals surface area (Å²) in [6, 6.07) is 8.29. The van der Waals surface area contributed by atoms with Crippen LogP contribution in [0.5, 0.6) is 0 Å². The minimum absolute atomic E-state index is 0.136. The Labute approximate surface area is 130 Å². The Hall–Kier alpha value is -1.85. The standard InChI is InChI=1S/C17H22N2O3/c1-21-16(20)17(6-9-22-10-7-17)12-18-11-13-3-2-4-15-14(13)5-8-19-15/h2-5,8,18-19H,6-7,9-12H2,1H3. The lowest BCUT2D eigenvalue weighted by atomic mass is 9.80. The molecule has 1 aliphatic rings. The van der Waals surface area contributed by atoms with E-state index < -0.39 is 5.41 Å². The van der Waals surface area contributed by atoms with Gasteiger partial charge < -0.3 is 19.8 Å². The summed E-state index contributed by atoms with van der Waals surface area (Å²) in [7, 11) is 1.46. The van der Waals surface area contributed by atoms with Crippen LogP contribution in [-0.4, -0.2) is 37.8 Å². The molecule has 0 bridgehead atoms. The zero-order valence-corrected chi connectivity index (χ0v) is 12.9. The van der Waals surface area contributed by atoms with Crippen molar-refractivity contribution in [2.45, 2.75) is 19.4 Å². The first-order valence-electron chi connectivity index (χ1n) is 7.67. The van der Waals surface area contributed by atoms with Gasteiger partial charge in [0.25, 0.3) is 0 Å². The summed E-state index contributed by atoms with van der Waals surface area (Å²) >= 11 is 0.